The maximum absolute atomic E-state index is 12.7. The van der Waals surface area contributed by atoms with Crippen molar-refractivity contribution in [1.29, 1.82) is 0 Å². The summed E-state index contributed by atoms with van der Waals surface area (Å²) in [7, 11) is 3.35. The molecule has 5 heteroatoms. The molecule has 1 spiro atoms. The number of carbonyl (C=O) groups excluding carboxylic acids is 2. The van der Waals surface area contributed by atoms with Crippen molar-refractivity contribution in [3.63, 3.8) is 0 Å². The van der Waals surface area contributed by atoms with Crippen molar-refractivity contribution < 1.29 is 14.3 Å². The number of benzene rings is 1. The monoisotopic (exact) mass is 316 g/mol. The van der Waals surface area contributed by atoms with Gasteiger partial charge in [-0.3, -0.25) is 14.5 Å². The van der Waals surface area contributed by atoms with E-state index in [1.165, 1.54) is 7.11 Å². The molecule has 2 fully saturated rings. The van der Waals surface area contributed by atoms with Crippen LogP contribution >= 0.6 is 0 Å². The van der Waals surface area contributed by atoms with Crippen LogP contribution < -0.4 is 0 Å². The molecule has 23 heavy (non-hydrogen) atoms. The Morgan fingerprint density at radius 2 is 1.91 bits per heavy atom. The van der Waals surface area contributed by atoms with Gasteiger partial charge >= 0.3 is 5.97 Å². The molecule has 1 aromatic carbocycles. The molecule has 2 heterocycles. The number of likely N-dealkylation sites (N-methyl/N-ethyl adjacent to an activating group) is 1. The molecule has 1 atom stereocenters. The fourth-order valence-corrected chi connectivity index (χ4v) is 3.93. The van der Waals surface area contributed by atoms with E-state index in [9.17, 15) is 9.59 Å². The van der Waals surface area contributed by atoms with Crippen molar-refractivity contribution in [3.05, 3.63) is 35.9 Å². The zero-order chi connectivity index (χ0) is 16.4. The minimum absolute atomic E-state index is 0.0339. The van der Waals surface area contributed by atoms with Crippen molar-refractivity contribution in [2.75, 3.05) is 33.8 Å². The number of methoxy groups -OCH3 is 1. The first-order valence-corrected chi connectivity index (χ1v) is 8.17. The molecular formula is C18H24N2O3. The number of amides is 1. The first kappa shape index (κ1) is 16.0. The summed E-state index contributed by atoms with van der Waals surface area (Å²) in [5.41, 5.74) is 1.04. The molecule has 1 unspecified atom stereocenters. The second-order valence-corrected chi connectivity index (χ2v) is 6.64. The van der Waals surface area contributed by atoms with E-state index < -0.39 is 0 Å². The van der Waals surface area contributed by atoms with Crippen LogP contribution in [-0.2, 0) is 14.3 Å². The summed E-state index contributed by atoms with van der Waals surface area (Å²) >= 11 is 0. The lowest BCUT2D eigenvalue weighted by molar-refractivity contribution is -0.143. The maximum Gasteiger partial charge on any atom is 0.319 e. The van der Waals surface area contributed by atoms with Gasteiger partial charge in [0.15, 0.2) is 0 Å². The van der Waals surface area contributed by atoms with Gasteiger partial charge in [0.25, 0.3) is 0 Å². The highest BCUT2D eigenvalue weighted by atomic mass is 16.5. The number of hydrogen-bond donors (Lipinski definition) is 0. The van der Waals surface area contributed by atoms with Crippen LogP contribution in [0.5, 0.6) is 0 Å². The van der Waals surface area contributed by atoms with E-state index in [-0.39, 0.29) is 23.3 Å². The predicted octanol–water partition coefficient (Wildman–Crippen LogP) is 1.64. The number of carbonyl (C=O) groups is 2. The van der Waals surface area contributed by atoms with Gasteiger partial charge in [-0.1, -0.05) is 30.3 Å². The Balaban J connectivity index is 1.69. The van der Waals surface area contributed by atoms with Crippen molar-refractivity contribution in [2.45, 2.75) is 30.7 Å². The Morgan fingerprint density at radius 3 is 2.52 bits per heavy atom. The molecule has 3 rings (SSSR count). The third-order valence-corrected chi connectivity index (χ3v) is 5.49. The molecule has 0 N–H and O–H groups in total. The first-order chi connectivity index (χ1) is 11.1. The van der Waals surface area contributed by atoms with E-state index >= 15 is 0 Å². The molecular weight excluding hydrogens is 292 g/mol. The second-order valence-electron chi connectivity index (χ2n) is 6.64. The van der Waals surface area contributed by atoms with Crippen molar-refractivity contribution >= 4 is 11.9 Å². The molecule has 0 bridgehead atoms. The number of nitrogens with zero attached hydrogens (tertiary/aromatic N) is 2. The average Bonchev–Trinajstić information content (AvgIpc) is 2.83. The highest BCUT2D eigenvalue weighted by molar-refractivity contribution is 5.87. The van der Waals surface area contributed by atoms with E-state index in [1.807, 2.05) is 42.3 Å². The summed E-state index contributed by atoms with van der Waals surface area (Å²) < 4.78 is 4.74. The van der Waals surface area contributed by atoms with Crippen LogP contribution in [0, 0.1) is 0 Å². The molecule has 1 amide bonds. The van der Waals surface area contributed by atoms with Crippen LogP contribution in [0.3, 0.4) is 0 Å². The lowest BCUT2D eigenvalue weighted by Crippen LogP contribution is -2.52. The molecule has 2 aliphatic rings. The minimum atomic E-state index is -0.195. The van der Waals surface area contributed by atoms with Crippen LogP contribution in [0.25, 0.3) is 0 Å². The highest BCUT2D eigenvalue weighted by Gasteiger charge is 2.50. The topological polar surface area (TPSA) is 49.9 Å². The quantitative estimate of drug-likeness (QED) is 0.796. The summed E-state index contributed by atoms with van der Waals surface area (Å²) in [6.45, 7) is 1.99. The van der Waals surface area contributed by atoms with Gasteiger partial charge in [0.1, 0.15) is 0 Å². The standard InChI is InChI=1S/C18H24N2O3/c1-19-17(22)15(14-6-4-3-5-7-14)12-18(19)8-10-20(11-9-18)13-16(21)23-2/h3-7,15H,8-13H2,1-2H3. The first-order valence-electron chi connectivity index (χ1n) is 8.17. The predicted molar refractivity (Wildman–Crippen MR) is 87.0 cm³/mol. The average molecular weight is 316 g/mol. The lowest BCUT2D eigenvalue weighted by Gasteiger charge is -2.43. The van der Waals surface area contributed by atoms with E-state index in [2.05, 4.69) is 4.90 Å². The number of esters is 1. The fraction of sp³-hybridized carbons (Fsp3) is 0.556. The van der Waals surface area contributed by atoms with Gasteiger partial charge in [-0.05, 0) is 24.8 Å². The molecule has 2 aliphatic heterocycles. The largest absolute Gasteiger partial charge is 0.468 e. The van der Waals surface area contributed by atoms with Crippen LogP contribution in [0.4, 0.5) is 0 Å². The highest BCUT2D eigenvalue weighted by Crippen LogP contribution is 2.44. The smallest absolute Gasteiger partial charge is 0.319 e. The summed E-state index contributed by atoms with van der Waals surface area (Å²) in [6.07, 6.45) is 2.70. The van der Waals surface area contributed by atoms with Gasteiger partial charge in [0, 0.05) is 25.7 Å². The van der Waals surface area contributed by atoms with Crippen LogP contribution in [-0.4, -0.2) is 61.0 Å². The van der Waals surface area contributed by atoms with Crippen molar-refractivity contribution in [2.24, 2.45) is 0 Å². The third kappa shape index (κ3) is 2.98. The van der Waals surface area contributed by atoms with Crippen molar-refractivity contribution in [1.82, 2.24) is 9.80 Å². The molecule has 0 aromatic heterocycles. The van der Waals surface area contributed by atoms with Crippen molar-refractivity contribution in [3.8, 4) is 0 Å². The van der Waals surface area contributed by atoms with Gasteiger partial charge in [-0.25, -0.2) is 0 Å². The van der Waals surface area contributed by atoms with Crippen LogP contribution in [0.2, 0.25) is 0 Å². The Hall–Kier alpha value is -1.88. The molecule has 5 nitrogen and oxygen atoms in total. The van der Waals surface area contributed by atoms with Gasteiger partial charge in [0.2, 0.25) is 5.91 Å². The minimum Gasteiger partial charge on any atom is -0.468 e. The molecule has 2 saturated heterocycles. The van der Waals surface area contributed by atoms with Gasteiger partial charge < -0.3 is 9.64 Å². The summed E-state index contributed by atoms with van der Waals surface area (Å²) in [6, 6.07) is 10.1. The van der Waals surface area contributed by atoms with Gasteiger partial charge in [-0.2, -0.15) is 0 Å². The molecule has 124 valence electrons. The van der Waals surface area contributed by atoms with Crippen LogP contribution in [0.15, 0.2) is 30.3 Å². The molecule has 1 aromatic rings. The van der Waals surface area contributed by atoms with Crippen LogP contribution in [0.1, 0.15) is 30.7 Å². The van der Waals surface area contributed by atoms with E-state index in [0.29, 0.717) is 6.54 Å². The summed E-state index contributed by atoms with van der Waals surface area (Å²) in [5, 5.41) is 0. The maximum atomic E-state index is 12.7. The molecule has 0 saturated carbocycles. The summed E-state index contributed by atoms with van der Waals surface area (Å²) in [5.74, 6) is -0.00931. The lowest BCUT2D eigenvalue weighted by atomic mass is 9.81. The molecule has 0 radical (unpaired) electrons. The third-order valence-electron chi connectivity index (χ3n) is 5.49. The Labute approximate surface area is 137 Å². The second kappa shape index (κ2) is 6.32. The number of rotatable bonds is 3. The normalized spacial score (nSPS) is 24.2. The zero-order valence-corrected chi connectivity index (χ0v) is 13.8. The fourth-order valence-electron chi connectivity index (χ4n) is 3.93. The number of hydrogen-bond acceptors (Lipinski definition) is 4. The Kier molecular flexibility index (Phi) is 4.39. The number of ether oxygens (including phenoxy) is 1. The summed E-state index contributed by atoms with van der Waals surface area (Å²) in [4.78, 5) is 28.2. The SMILES string of the molecule is COC(=O)CN1CCC2(CC1)CC(c1ccccc1)C(=O)N2C. The number of likely N-dealkylation sites (tertiary alicyclic amines) is 2. The van der Waals surface area contributed by atoms with E-state index in [0.717, 1.165) is 37.9 Å². The molecule has 0 aliphatic carbocycles. The number of piperidine rings is 1. The van der Waals surface area contributed by atoms with Gasteiger partial charge in [0.05, 0.1) is 19.6 Å². The van der Waals surface area contributed by atoms with E-state index in [4.69, 9.17) is 4.74 Å². The Morgan fingerprint density at radius 1 is 1.26 bits per heavy atom. The van der Waals surface area contributed by atoms with E-state index in [1.54, 1.807) is 0 Å². The Bertz CT molecular complexity index is 579. The zero-order valence-electron chi connectivity index (χ0n) is 13.8. The van der Waals surface area contributed by atoms with Gasteiger partial charge in [-0.15, -0.1) is 0 Å².